The minimum absolute atomic E-state index is 0.285. The van der Waals surface area contributed by atoms with E-state index in [2.05, 4.69) is 36.5 Å². The van der Waals surface area contributed by atoms with E-state index in [0.717, 1.165) is 54.5 Å². The summed E-state index contributed by atoms with van der Waals surface area (Å²) < 4.78 is 37.4. The molecule has 2 aromatic heterocycles. The largest absolute Gasteiger partial charge is 0.494 e. The summed E-state index contributed by atoms with van der Waals surface area (Å²) in [5.74, 6) is 1.76. The zero-order chi connectivity index (χ0) is 29.1. The van der Waals surface area contributed by atoms with Gasteiger partial charge in [0.2, 0.25) is 16.0 Å². The molecule has 0 unspecified atom stereocenters. The maximum Gasteiger partial charge on any atom is 0.231 e. The van der Waals surface area contributed by atoms with Gasteiger partial charge in [0.05, 0.1) is 37.7 Å². The standard InChI is InChI=1S/C29H36N8O4S/c1-40-24-18-22(37-13-15-41-16-14-37)11-12-23(24)31-29-32-27(30-20-8-4-3-5-9-20)25-26(34-35-28(25)33-29)19-7-6-10-21(17-19)36-42(2,38)39/h6-7,10-12,17-18,20,36H,3-5,8-9,13-16H2,1-2H3,(H3,30,31,32,33,34,35). The fourth-order valence-electron chi connectivity index (χ4n) is 5.61. The maximum absolute atomic E-state index is 11.8. The van der Waals surface area contributed by atoms with Gasteiger partial charge in [-0.25, -0.2) is 8.42 Å². The minimum Gasteiger partial charge on any atom is -0.494 e. The van der Waals surface area contributed by atoms with Gasteiger partial charge in [0.1, 0.15) is 17.3 Å². The molecule has 3 heterocycles. The van der Waals surface area contributed by atoms with Crippen molar-refractivity contribution >= 4 is 49.9 Å². The van der Waals surface area contributed by atoms with Crippen LogP contribution in [0.1, 0.15) is 32.1 Å². The highest BCUT2D eigenvalue weighted by molar-refractivity contribution is 7.92. The molecule has 2 aromatic carbocycles. The van der Waals surface area contributed by atoms with Gasteiger partial charge in [-0.15, -0.1) is 0 Å². The number of fused-ring (bicyclic) bond motifs is 1. The van der Waals surface area contributed by atoms with Gasteiger partial charge in [0.15, 0.2) is 5.65 Å². The summed E-state index contributed by atoms with van der Waals surface area (Å²) in [6, 6.07) is 13.5. The van der Waals surface area contributed by atoms with Crippen LogP contribution in [0.2, 0.25) is 0 Å². The van der Waals surface area contributed by atoms with Crippen molar-refractivity contribution in [3.8, 4) is 17.0 Å². The Morgan fingerprint density at radius 3 is 2.62 bits per heavy atom. The Bertz CT molecular complexity index is 1660. The monoisotopic (exact) mass is 592 g/mol. The van der Waals surface area contributed by atoms with Crippen molar-refractivity contribution in [2.75, 3.05) is 59.9 Å². The van der Waals surface area contributed by atoms with Gasteiger partial charge < -0.3 is 25.0 Å². The number of H-pyrrole nitrogens is 1. The zero-order valence-electron chi connectivity index (χ0n) is 23.8. The lowest BCUT2D eigenvalue weighted by Crippen LogP contribution is -2.36. The average molecular weight is 593 g/mol. The molecule has 12 nitrogen and oxygen atoms in total. The van der Waals surface area contributed by atoms with Crippen LogP contribution in [-0.4, -0.2) is 74.3 Å². The quantitative estimate of drug-likeness (QED) is 0.215. The minimum atomic E-state index is -3.43. The third-order valence-corrected chi connectivity index (χ3v) is 8.22. The number of nitrogens with zero attached hydrogens (tertiary/aromatic N) is 4. The summed E-state index contributed by atoms with van der Waals surface area (Å²) in [5.41, 5.74) is 4.22. The number of benzene rings is 2. The smallest absolute Gasteiger partial charge is 0.231 e. The number of hydrogen-bond donors (Lipinski definition) is 4. The Balaban J connectivity index is 1.36. The molecule has 1 saturated heterocycles. The molecular weight excluding hydrogens is 556 g/mol. The molecule has 0 spiro atoms. The van der Waals surface area contributed by atoms with E-state index in [1.54, 1.807) is 25.3 Å². The molecule has 0 bridgehead atoms. The normalized spacial score (nSPS) is 16.4. The highest BCUT2D eigenvalue weighted by atomic mass is 32.2. The van der Waals surface area contributed by atoms with Crippen LogP contribution in [0.4, 0.5) is 28.8 Å². The molecule has 2 fully saturated rings. The molecule has 1 aliphatic heterocycles. The number of methoxy groups -OCH3 is 1. The molecule has 222 valence electrons. The average Bonchev–Trinajstić information content (AvgIpc) is 3.42. The molecular formula is C29H36N8O4S. The predicted molar refractivity (Wildman–Crippen MR) is 165 cm³/mol. The van der Waals surface area contributed by atoms with Crippen LogP contribution in [0.25, 0.3) is 22.3 Å². The lowest BCUT2D eigenvalue weighted by Gasteiger charge is -2.29. The van der Waals surface area contributed by atoms with Crippen LogP contribution in [0, 0.1) is 0 Å². The first-order valence-electron chi connectivity index (χ1n) is 14.2. The van der Waals surface area contributed by atoms with Crippen LogP contribution in [0.5, 0.6) is 5.75 Å². The maximum atomic E-state index is 11.8. The molecule has 6 rings (SSSR count). The van der Waals surface area contributed by atoms with E-state index >= 15 is 0 Å². The molecule has 4 aromatic rings. The van der Waals surface area contributed by atoms with E-state index in [9.17, 15) is 8.42 Å². The van der Waals surface area contributed by atoms with Gasteiger partial charge in [-0.3, -0.25) is 9.82 Å². The summed E-state index contributed by atoms with van der Waals surface area (Å²) in [7, 11) is -1.77. The van der Waals surface area contributed by atoms with Crippen LogP contribution in [-0.2, 0) is 14.8 Å². The number of anilines is 5. The summed E-state index contributed by atoms with van der Waals surface area (Å²) in [6.45, 7) is 3.08. The van der Waals surface area contributed by atoms with Gasteiger partial charge in [-0.05, 0) is 37.1 Å². The number of aromatic amines is 1. The summed E-state index contributed by atoms with van der Waals surface area (Å²) in [6.07, 6.45) is 6.82. The summed E-state index contributed by atoms with van der Waals surface area (Å²) in [4.78, 5) is 12.0. The molecule has 13 heteroatoms. The number of rotatable bonds is 9. The van der Waals surface area contributed by atoms with E-state index in [1.165, 1.54) is 19.3 Å². The summed E-state index contributed by atoms with van der Waals surface area (Å²) in [5, 5.41) is 15.4. The van der Waals surface area contributed by atoms with Crippen LogP contribution < -0.4 is 25.0 Å². The number of hydrogen-bond acceptors (Lipinski definition) is 10. The van der Waals surface area contributed by atoms with Crippen LogP contribution >= 0.6 is 0 Å². The Morgan fingerprint density at radius 1 is 1.05 bits per heavy atom. The van der Waals surface area contributed by atoms with Crippen molar-refractivity contribution in [2.45, 2.75) is 38.1 Å². The third kappa shape index (κ3) is 6.36. The second-order valence-electron chi connectivity index (χ2n) is 10.7. The molecule has 2 aliphatic rings. The zero-order valence-corrected chi connectivity index (χ0v) is 24.6. The highest BCUT2D eigenvalue weighted by Gasteiger charge is 2.22. The lowest BCUT2D eigenvalue weighted by molar-refractivity contribution is 0.122. The third-order valence-electron chi connectivity index (χ3n) is 7.61. The number of aromatic nitrogens is 4. The first-order valence-corrected chi connectivity index (χ1v) is 16.1. The molecule has 1 saturated carbocycles. The molecule has 0 radical (unpaired) electrons. The predicted octanol–water partition coefficient (Wildman–Crippen LogP) is 4.72. The SMILES string of the molecule is COc1cc(N2CCOCC2)ccc1Nc1nc(NC2CCCCC2)c2c(-c3cccc(NS(C)(=O)=O)c3)n[nH]c2n1. The first kappa shape index (κ1) is 28.0. The Hall–Kier alpha value is -4.10. The Morgan fingerprint density at radius 2 is 1.86 bits per heavy atom. The van der Waals surface area contributed by atoms with E-state index in [1.807, 2.05) is 18.2 Å². The fourth-order valence-corrected chi connectivity index (χ4v) is 6.16. The second-order valence-corrected chi connectivity index (χ2v) is 12.5. The Kier molecular flexibility index (Phi) is 8.02. The van der Waals surface area contributed by atoms with Gasteiger partial charge in [0.25, 0.3) is 0 Å². The van der Waals surface area contributed by atoms with E-state index in [0.29, 0.717) is 47.8 Å². The van der Waals surface area contributed by atoms with Gasteiger partial charge in [0, 0.05) is 42.1 Å². The number of morpholine rings is 1. The van der Waals surface area contributed by atoms with Gasteiger partial charge in [-0.2, -0.15) is 15.1 Å². The number of nitrogens with one attached hydrogen (secondary N) is 4. The lowest BCUT2D eigenvalue weighted by atomic mass is 9.95. The number of sulfonamides is 1. The van der Waals surface area contributed by atoms with Crippen molar-refractivity contribution in [1.29, 1.82) is 0 Å². The van der Waals surface area contributed by atoms with Crippen LogP contribution in [0.15, 0.2) is 42.5 Å². The number of ether oxygens (including phenoxy) is 2. The highest BCUT2D eigenvalue weighted by Crippen LogP contribution is 2.36. The van der Waals surface area contributed by atoms with E-state index in [4.69, 9.17) is 19.4 Å². The molecule has 4 N–H and O–H groups in total. The van der Waals surface area contributed by atoms with Crippen molar-refractivity contribution in [1.82, 2.24) is 20.2 Å². The fraction of sp³-hybridized carbons (Fsp3) is 0.414. The van der Waals surface area contributed by atoms with Crippen molar-refractivity contribution in [3.05, 3.63) is 42.5 Å². The van der Waals surface area contributed by atoms with E-state index < -0.39 is 10.0 Å². The van der Waals surface area contributed by atoms with E-state index in [-0.39, 0.29) is 6.04 Å². The molecule has 42 heavy (non-hydrogen) atoms. The second kappa shape index (κ2) is 12.0. The van der Waals surface area contributed by atoms with Gasteiger partial charge >= 0.3 is 0 Å². The van der Waals surface area contributed by atoms with Crippen LogP contribution in [0.3, 0.4) is 0 Å². The Labute approximate surface area is 245 Å². The first-order chi connectivity index (χ1) is 20.4. The van der Waals surface area contributed by atoms with Crippen molar-refractivity contribution in [3.63, 3.8) is 0 Å². The summed E-state index contributed by atoms with van der Waals surface area (Å²) >= 11 is 0. The topological polar surface area (TPSA) is 146 Å². The molecule has 0 amide bonds. The van der Waals surface area contributed by atoms with Crippen molar-refractivity contribution in [2.24, 2.45) is 0 Å². The molecule has 1 aliphatic carbocycles. The van der Waals surface area contributed by atoms with Crippen molar-refractivity contribution < 1.29 is 17.9 Å². The molecule has 0 atom stereocenters. The van der Waals surface area contributed by atoms with Gasteiger partial charge in [-0.1, -0.05) is 31.4 Å².